The van der Waals surface area contributed by atoms with E-state index in [2.05, 4.69) is 0 Å². The first-order valence-electron chi connectivity index (χ1n) is 5.31. The molecule has 0 aliphatic rings. The van der Waals surface area contributed by atoms with Crippen molar-refractivity contribution in [2.75, 3.05) is 11.5 Å². The predicted molar refractivity (Wildman–Crippen MR) is 68.2 cm³/mol. The lowest BCUT2D eigenvalue weighted by Crippen LogP contribution is -1.97. The monoisotopic (exact) mass is 303 g/mol. The Morgan fingerprint density at radius 3 is 1.90 bits per heavy atom. The number of hydrogen-bond donors (Lipinski definition) is 2. The summed E-state index contributed by atoms with van der Waals surface area (Å²) >= 11 is 0. The van der Waals surface area contributed by atoms with Crippen LogP contribution in [0.1, 0.15) is 0 Å². The number of nitrogens with zero attached hydrogens (tertiary/aromatic N) is 1. The van der Waals surface area contributed by atoms with Crippen LogP contribution in [0, 0.1) is 33.4 Å². The van der Waals surface area contributed by atoms with Gasteiger partial charge in [0.2, 0.25) is 5.82 Å². The second-order valence-electron chi connectivity index (χ2n) is 3.75. The van der Waals surface area contributed by atoms with E-state index in [1.54, 1.807) is 0 Å². The van der Waals surface area contributed by atoms with Gasteiger partial charge in [-0.1, -0.05) is 0 Å². The lowest BCUT2D eigenvalue weighted by molar-refractivity contribution is -0.387. The van der Waals surface area contributed by atoms with Crippen molar-refractivity contribution in [3.8, 4) is 0 Å². The largest absolute Gasteiger partial charge is 0.396 e. The van der Waals surface area contributed by atoms with Gasteiger partial charge >= 0.3 is 5.69 Å². The van der Waals surface area contributed by atoms with Crippen LogP contribution in [-0.2, 0) is 0 Å². The molecule has 2 rings (SSSR count). The molecule has 5 nitrogen and oxygen atoms in total. The topological polar surface area (TPSA) is 95.2 Å². The maximum atomic E-state index is 12.5. The fourth-order valence-corrected chi connectivity index (χ4v) is 1.20. The Bertz CT molecular complexity index is 680. The summed E-state index contributed by atoms with van der Waals surface area (Å²) in [5, 5.41) is 10.1. The highest BCUT2D eigenvalue weighted by molar-refractivity contribution is 5.49. The maximum Gasteiger partial charge on any atom is 0.307 e. The molecule has 4 N–H and O–H groups in total. The Labute approximate surface area is 115 Å². The molecule has 0 fully saturated rings. The number of hydrogen-bond acceptors (Lipinski definition) is 4. The lowest BCUT2D eigenvalue weighted by Gasteiger charge is -1.96. The third kappa shape index (κ3) is 4.34. The Morgan fingerprint density at radius 2 is 1.43 bits per heavy atom. The molecule has 0 bridgehead atoms. The van der Waals surface area contributed by atoms with Crippen molar-refractivity contribution in [1.82, 2.24) is 0 Å². The second kappa shape index (κ2) is 6.55. The Kier molecular flexibility index (Phi) is 5.06. The zero-order chi connectivity index (χ0) is 16.2. The normalized spacial score (nSPS) is 9.71. The fraction of sp³-hybridized carbons (Fsp3) is 0. The highest BCUT2D eigenvalue weighted by Crippen LogP contribution is 2.22. The summed E-state index contributed by atoms with van der Waals surface area (Å²) in [5.74, 6) is -3.55. The number of nitrogen functional groups attached to an aromatic ring is 2. The molecule has 0 aliphatic carbocycles. The van der Waals surface area contributed by atoms with Crippen LogP contribution in [0.4, 0.5) is 34.6 Å². The minimum atomic E-state index is -1.23. The Balaban J connectivity index is 0.000000219. The fourth-order valence-electron chi connectivity index (χ4n) is 1.20. The molecular weight excluding hydrogens is 294 g/mol. The van der Waals surface area contributed by atoms with E-state index in [-0.39, 0.29) is 5.69 Å². The average molecular weight is 303 g/mol. The summed E-state index contributed by atoms with van der Waals surface area (Å²) in [6.07, 6.45) is 0. The molecule has 0 aromatic heterocycles. The minimum absolute atomic E-state index is 0.0311. The number of rotatable bonds is 1. The minimum Gasteiger partial charge on any atom is -0.396 e. The Hall–Kier alpha value is -2.84. The van der Waals surface area contributed by atoms with Crippen molar-refractivity contribution in [2.24, 2.45) is 0 Å². The third-order valence-electron chi connectivity index (χ3n) is 2.23. The standard InChI is InChI=1S/C6H4F2N2O2.C6H5F2N/c7-3-1-4(8)6(10(11)12)2-5(3)9;7-4-1-2-6(9)5(8)3-4/h1-2H,9H2;1-3H,9H2. The molecule has 0 radical (unpaired) electrons. The molecule has 21 heavy (non-hydrogen) atoms. The van der Waals surface area contributed by atoms with Gasteiger partial charge in [-0.15, -0.1) is 0 Å². The van der Waals surface area contributed by atoms with Crippen LogP contribution >= 0.6 is 0 Å². The van der Waals surface area contributed by atoms with E-state index >= 15 is 0 Å². The molecule has 112 valence electrons. The summed E-state index contributed by atoms with van der Waals surface area (Å²) in [4.78, 5) is 9.11. The van der Waals surface area contributed by atoms with Gasteiger partial charge < -0.3 is 11.5 Å². The van der Waals surface area contributed by atoms with Crippen molar-refractivity contribution in [3.63, 3.8) is 0 Å². The molecule has 2 aromatic rings. The van der Waals surface area contributed by atoms with Gasteiger partial charge in [-0.3, -0.25) is 10.1 Å². The van der Waals surface area contributed by atoms with Crippen LogP contribution in [0.2, 0.25) is 0 Å². The number of nitrogens with two attached hydrogens (primary N) is 2. The number of benzene rings is 2. The van der Waals surface area contributed by atoms with E-state index in [1.807, 2.05) is 0 Å². The highest BCUT2D eigenvalue weighted by atomic mass is 19.1. The van der Waals surface area contributed by atoms with Gasteiger partial charge in [0.05, 0.1) is 16.3 Å². The number of nitro groups is 1. The third-order valence-corrected chi connectivity index (χ3v) is 2.23. The molecule has 0 aliphatic heterocycles. The Morgan fingerprint density at radius 1 is 0.857 bits per heavy atom. The second-order valence-corrected chi connectivity index (χ2v) is 3.75. The predicted octanol–water partition coefficient (Wildman–Crippen LogP) is 3.00. The van der Waals surface area contributed by atoms with Crippen LogP contribution < -0.4 is 11.5 Å². The first-order valence-corrected chi connectivity index (χ1v) is 5.31. The molecule has 0 spiro atoms. The van der Waals surface area contributed by atoms with E-state index in [4.69, 9.17) is 11.5 Å². The van der Waals surface area contributed by atoms with E-state index in [0.717, 1.165) is 12.1 Å². The number of halogens is 4. The average Bonchev–Trinajstić information content (AvgIpc) is 2.39. The van der Waals surface area contributed by atoms with E-state index in [1.165, 1.54) is 6.07 Å². The molecular formula is C12H9F4N3O2. The van der Waals surface area contributed by atoms with Gasteiger partial charge in [-0.25, -0.2) is 13.2 Å². The van der Waals surface area contributed by atoms with Gasteiger partial charge in [-0.05, 0) is 12.1 Å². The van der Waals surface area contributed by atoms with E-state index in [9.17, 15) is 27.7 Å². The lowest BCUT2D eigenvalue weighted by atomic mass is 10.2. The van der Waals surface area contributed by atoms with Crippen molar-refractivity contribution < 1.29 is 22.5 Å². The zero-order valence-electron chi connectivity index (χ0n) is 10.3. The summed E-state index contributed by atoms with van der Waals surface area (Å²) < 4.78 is 49.2. The van der Waals surface area contributed by atoms with Gasteiger partial charge in [0, 0.05) is 18.2 Å². The molecule has 0 unspecified atom stereocenters. The van der Waals surface area contributed by atoms with Gasteiger partial charge in [0.25, 0.3) is 0 Å². The molecule has 0 saturated heterocycles. The maximum absolute atomic E-state index is 12.5. The molecule has 0 amide bonds. The van der Waals surface area contributed by atoms with Crippen molar-refractivity contribution in [3.05, 3.63) is 63.7 Å². The van der Waals surface area contributed by atoms with E-state index < -0.39 is 39.6 Å². The van der Waals surface area contributed by atoms with Crippen LogP contribution in [0.3, 0.4) is 0 Å². The smallest absolute Gasteiger partial charge is 0.307 e. The number of anilines is 2. The molecule has 2 aromatic carbocycles. The van der Waals surface area contributed by atoms with Crippen LogP contribution in [-0.4, -0.2) is 4.92 Å². The van der Waals surface area contributed by atoms with Gasteiger partial charge in [0.1, 0.15) is 17.5 Å². The SMILES string of the molecule is Nc1cc([N+](=O)[O-])c(F)cc1F.Nc1ccc(F)cc1F. The van der Waals surface area contributed by atoms with Crippen molar-refractivity contribution >= 4 is 17.1 Å². The zero-order valence-corrected chi connectivity index (χ0v) is 10.3. The van der Waals surface area contributed by atoms with Gasteiger partial charge in [0.15, 0.2) is 0 Å². The summed E-state index contributed by atoms with van der Waals surface area (Å²) in [7, 11) is 0. The summed E-state index contributed by atoms with van der Waals surface area (Å²) in [6, 6.07) is 4.07. The van der Waals surface area contributed by atoms with Crippen molar-refractivity contribution in [1.29, 1.82) is 0 Å². The quantitative estimate of drug-likeness (QED) is 0.366. The summed E-state index contributed by atoms with van der Waals surface area (Å²) in [5.41, 5.74) is 8.73. The molecule has 0 heterocycles. The highest BCUT2D eigenvalue weighted by Gasteiger charge is 2.16. The van der Waals surface area contributed by atoms with Crippen molar-refractivity contribution in [2.45, 2.75) is 0 Å². The van der Waals surface area contributed by atoms with Crippen LogP contribution in [0.5, 0.6) is 0 Å². The van der Waals surface area contributed by atoms with Crippen LogP contribution in [0.15, 0.2) is 30.3 Å². The van der Waals surface area contributed by atoms with Crippen LogP contribution in [0.25, 0.3) is 0 Å². The molecule has 0 saturated carbocycles. The van der Waals surface area contributed by atoms with E-state index in [0.29, 0.717) is 12.1 Å². The summed E-state index contributed by atoms with van der Waals surface area (Å²) in [6.45, 7) is 0. The first kappa shape index (κ1) is 16.2. The van der Waals surface area contributed by atoms with Gasteiger partial charge in [-0.2, -0.15) is 4.39 Å². The molecule has 9 heteroatoms. The first-order chi connectivity index (χ1) is 9.72. The number of nitro benzene ring substituents is 1. The molecule has 0 atom stereocenters.